The predicted octanol–water partition coefficient (Wildman–Crippen LogP) is 2.15. The van der Waals surface area contributed by atoms with Gasteiger partial charge in [-0.15, -0.1) is 11.3 Å². The second kappa shape index (κ2) is 6.55. The van der Waals surface area contributed by atoms with E-state index in [1.807, 2.05) is 40.5 Å². The summed E-state index contributed by atoms with van der Waals surface area (Å²) in [5.41, 5.74) is -0.132. The van der Waals surface area contributed by atoms with Crippen LogP contribution in [0.2, 0.25) is 0 Å². The topological polar surface area (TPSA) is 80.6 Å². The van der Waals surface area contributed by atoms with E-state index < -0.39 is 11.4 Å². The summed E-state index contributed by atoms with van der Waals surface area (Å²) in [6, 6.07) is 5.66. The van der Waals surface area contributed by atoms with Crippen LogP contribution in [0.15, 0.2) is 36.0 Å². The van der Waals surface area contributed by atoms with Crippen LogP contribution in [-0.2, 0) is 9.53 Å². The molecule has 23 heavy (non-hydrogen) atoms. The zero-order chi connectivity index (χ0) is 16.3. The number of hydrogen-bond donors (Lipinski definition) is 2. The van der Waals surface area contributed by atoms with Crippen molar-refractivity contribution in [1.29, 1.82) is 0 Å². The SMILES string of the molecule is O=C(NCC1(C(=O)O)CCOCC1)c1sccc1-n1cccc1. The van der Waals surface area contributed by atoms with Gasteiger partial charge in [0, 0.05) is 32.2 Å². The van der Waals surface area contributed by atoms with Crippen LogP contribution >= 0.6 is 11.3 Å². The van der Waals surface area contributed by atoms with Crippen LogP contribution in [0.25, 0.3) is 5.69 Å². The molecule has 1 fully saturated rings. The zero-order valence-electron chi connectivity index (χ0n) is 12.5. The lowest BCUT2D eigenvalue weighted by Crippen LogP contribution is -2.46. The van der Waals surface area contributed by atoms with Crippen LogP contribution < -0.4 is 5.32 Å². The Kier molecular flexibility index (Phi) is 4.49. The molecule has 0 aliphatic carbocycles. The fraction of sp³-hybridized carbons (Fsp3) is 0.375. The molecular weight excluding hydrogens is 316 g/mol. The van der Waals surface area contributed by atoms with Gasteiger partial charge < -0.3 is 19.7 Å². The largest absolute Gasteiger partial charge is 0.481 e. The third-order valence-electron chi connectivity index (χ3n) is 4.22. The molecule has 0 saturated carbocycles. The van der Waals surface area contributed by atoms with E-state index in [9.17, 15) is 14.7 Å². The van der Waals surface area contributed by atoms with Crippen molar-refractivity contribution < 1.29 is 19.4 Å². The van der Waals surface area contributed by atoms with Gasteiger partial charge in [-0.25, -0.2) is 0 Å². The van der Waals surface area contributed by atoms with E-state index in [1.165, 1.54) is 11.3 Å². The molecule has 2 aromatic heterocycles. The first-order valence-corrected chi connectivity index (χ1v) is 8.30. The van der Waals surface area contributed by atoms with Crippen LogP contribution in [0.3, 0.4) is 0 Å². The number of ether oxygens (including phenoxy) is 1. The van der Waals surface area contributed by atoms with Crippen molar-refractivity contribution in [2.45, 2.75) is 12.8 Å². The minimum Gasteiger partial charge on any atom is -0.481 e. The molecule has 3 heterocycles. The van der Waals surface area contributed by atoms with Gasteiger partial charge >= 0.3 is 5.97 Å². The highest BCUT2D eigenvalue weighted by Crippen LogP contribution is 2.30. The molecule has 0 aromatic carbocycles. The second-order valence-corrected chi connectivity index (χ2v) is 6.52. The first-order valence-electron chi connectivity index (χ1n) is 7.43. The smallest absolute Gasteiger partial charge is 0.311 e. The summed E-state index contributed by atoms with van der Waals surface area (Å²) >= 11 is 1.34. The highest BCUT2D eigenvalue weighted by Gasteiger charge is 2.40. The standard InChI is InChI=1S/C16H18N2O4S/c19-14(13-12(3-10-23-13)18-6-1-2-7-18)17-11-16(15(20)21)4-8-22-9-5-16/h1-3,6-7,10H,4-5,8-9,11H2,(H,17,19)(H,20,21). The van der Waals surface area contributed by atoms with Crippen LogP contribution in [0, 0.1) is 5.41 Å². The Morgan fingerprint density at radius 3 is 2.65 bits per heavy atom. The highest BCUT2D eigenvalue weighted by atomic mass is 32.1. The molecule has 0 radical (unpaired) electrons. The molecule has 1 aliphatic rings. The summed E-state index contributed by atoms with van der Waals surface area (Å²) in [6.45, 7) is 0.944. The van der Waals surface area contributed by atoms with Crippen molar-refractivity contribution >= 4 is 23.2 Å². The van der Waals surface area contributed by atoms with E-state index in [1.54, 1.807) is 0 Å². The van der Waals surface area contributed by atoms with Crippen LogP contribution in [0.1, 0.15) is 22.5 Å². The molecule has 7 heteroatoms. The molecule has 0 bridgehead atoms. The van der Waals surface area contributed by atoms with Crippen molar-refractivity contribution in [3.8, 4) is 5.69 Å². The molecular formula is C16H18N2O4S. The molecule has 122 valence electrons. The van der Waals surface area contributed by atoms with Crippen molar-refractivity contribution in [3.63, 3.8) is 0 Å². The number of nitrogens with one attached hydrogen (secondary N) is 1. The van der Waals surface area contributed by atoms with E-state index in [2.05, 4.69) is 5.32 Å². The molecule has 2 N–H and O–H groups in total. The molecule has 3 rings (SSSR count). The average Bonchev–Trinajstić information content (AvgIpc) is 3.23. The van der Waals surface area contributed by atoms with E-state index in [0.29, 0.717) is 30.9 Å². The second-order valence-electron chi connectivity index (χ2n) is 5.61. The molecule has 0 atom stereocenters. The lowest BCUT2D eigenvalue weighted by molar-refractivity contribution is -0.154. The van der Waals surface area contributed by atoms with Gasteiger partial charge in [-0.05, 0) is 36.4 Å². The van der Waals surface area contributed by atoms with Crippen LogP contribution in [0.4, 0.5) is 0 Å². The molecule has 0 unspecified atom stereocenters. The Labute approximate surface area is 137 Å². The summed E-state index contributed by atoms with van der Waals surface area (Å²) in [7, 11) is 0. The third-order valence-corrected chi connectivity index (χ3v) is 5.13. The lowest BCUT2D eigenvalue weighted by atomic mass is 9.80. The number of carboxylic acid groups (broad SMARTS) is 1. The maximum absolute atomic E-state index is 12.5. The van der Waals surface area contributed by atoms with Gasteiger partial charge in [-0.1, -0.05) is 0 Å². The Hall–Kier alpha value is -2.12. The van der Waals surface area contributed by atoms with E-state index in [-0.39, 0.29) is 12.5 Å². The van der Waals surface area contributed by atoms with Gasteiger partial charge in [-0.3, -0.25) is 9.59 Å². The number of carbonyl (C=O) groups is 2. The first kappa shape index (κ1) is 15.8. The molecule has 2 aromatic rings. The molecule has 1 aliphatic heterocycles. The van der Waals surface area contributed by atoms with E-state index in [0.717, 1.165) is 5.69 Å². The van der Waals surface area contributed by atoms with Crippen molar-refractivity contribution in [3.05, 3.63) is 40.8 Å². The van der Waals surface area contributed by atoms with Gasteiger partial charge in [0.15, 0.2) is 0 Å². The fourth-order valence-corrected chi connectivity index (χ4v) is 3.54. The highest BCUT2D eigenvalue weighted by molar-refractivity contribution is 7.12. The molecule has 6 nitrogen and oxygen atoms in total. The number of amides is 1. The first-order chi connectivity index (χ1) is 11.1. The van der Waals surface area contributed by atoms with E-state index >= 15 is 0 Å². The predicted molar refractivity (Wildman–Crippen MR) is 86.1 cm³/mol. The summed E-state index contributed by atoms with van der Waals surface area (Å²) in [5.74, 6) is -1.12. The number of carbonyl (C=O) groups excluding carboxylic acids is 1. The summed E-state index contributed by atoms with van der Waals surface area (Å²) in [4.78, 5) is 24.7. The maximum atomic E-state index is 12.5. The number of aromatic nitrogens is 1. The van der Waals surface area contributed by atoms with Crippen LogP contribution in [0.5, 0.6) is 0 Å². The van der Waals surface area contributed by atoms with Crippen molar-refractivity contribution in [2.24, 2.45) is 5.41 Å². The molecule has 1 saturated heterocycles. The Morgan fingerprint density at radius 2 is 2.00 bits per heavy atom. The number of rotatable bonds is 5. The lowest BCUT2D eigenvalue weighted by Gasteiger charge is -2.33. The van der Waals surface area contributed by atoms with Gasteiger partial charge in [0.05, 0.1) is 11.1 Å². The fourth-order valence-electron chi connectivity index (χ4n) is 2.73. The van der Waals surface area contributed by atoms with Crippen LogP contribution in [-0.4, -0.2) is 41.3 Å². The number of carboxylic acids is 1. The normalized spacial score (nSPS) is 16.9. The number of thiophene rings is 1. The summed E-state index contributed by atoms with van der Waals surface area (Å²) in [5, 5.41) is 14.2. The summed E-state index contributed by atoms with van der Waals surface area (Å²) < 4.78 is 7.11. The average molecular weight is 334 g/mol. The number of hydrogen-bond acceptors (Lipinski definition) is 4. The minimum absolute atomic E-state index is 0.119. The molecule has 1 amide bonds. The van der Waals surface area contributed by atoms with Gasteiger partial charge in [0.25, 0.3) is 5.91 Å². The molecule has 0 spiro atoms. The van der Waals surface area contributed by atoms with Crippen molar-refractivity contribution in [2.75, 3.05) is 19.8 Å². The minimum atomic E-state index is -0.932. The van der Waals surface area contributed by atoms with Gasteiger partial charge in [-0.2, -0.15) is 0 Å². The Balaban J connectivity index is 1.73. The number of aliphatic carboxylic acids is 1. The monoisotopic (exact) mass is 334 g/mol. The third kappa shape index (κ3) is 3.16. The van der Waals surface area contributed by atoms with E-state index in [4.69, 9.17) is 4.74 Å². The van der Waals surface area contributed by atoms with Crippen molar-refractivity contribution in [1.82, 2.24) is 9.88 Å². The van der Waals surface area contributed by atoms with Gasteiger partial charge in [0.1, 0.15) is 4.88 Å². The maximum Gasteiger partial charge on any atom is 0.311 e. The Morgan fingerprint density at radius 1 is 1.30 bits per heavy atom. The van der Waals surface area contributed by atoms with Gasteiger partial charge in [0.2, 0.25) is 0 Å². The quantitative estimate of drug-likeness (QED) is 0.878. The summed E-state index contributed by atoms with van der Waals surface area (Å²) in [6.07, 6.45) is 4.57. The Bertz CT molecular complexity index is 687. The number of nitrogens with zero attached hydrogens (tertiary/aromatic N) is 1. The zero-order valence-corrected chi connectivity index (χ0v) is 13.3.